The van der Waals surface area contributed by atoms with Crippen LogP contribution in [0, 0.1) is 0 Å². The molecule has 0 aliphatic heterocycles. The van der Waals surface area contributed by atoms with E-state index in [4.69, 9.17) is 10.5 Å². The molecule has 1 atom stereocenters. The summed E-state index contributed by atoms with van der Waals surface area (Å²) in [5.74, 6) is -3.35. The van der Waals surface area contributed by atoms with Gasteiger partial charge in [0.2, 0.25) is 0 Å². The van der Waals surface area contributed by atoms with E-state index in [1.165, 1.54) is 13.1 Å². The monoisotopic (exact) mass is 259 g/mol. The van der Waals surface area contributed by atoms with Gasteiger partial charge in [0.05, 0.1) is 19.3 Å². The number of hydrogen-bond acceptors (Lipinski definition) is 4. The minimum Gasteiger partial charge on any atom is -0.479 e. The zero-order chi connectivity index (χ0) is 13.6. The molecule has 7 heteroatoms. The molecule has 0 bridgehead atoms. The Morgan fingerprint density at radius 3 is 2.94 bits per heavy atom. The van der Waals surface area contributed by atoms with Crippen LogP contribution in [-0.2, 0) is 4.79 Å². The second-order valence-corrected chi connectivity index (χ2v) is 3.73. The second kappa shape index (κ2) is 6.25. The van der Waals surface area contributed by atoms with Crippen LogP contribution in [0.1, 0.15) is 6.92 Å². The number of amides is 1. The number of alkyl halides is 2. The predicted molar refractivity (Wildman–Crippen MR) is 61.3 cm³/mol. The lowest BCUT2D eigenvalue weighted by atomic mass is 10.3. The van der Waals surface area contributed by atoms with Gasteiger partial charge in [0.1, 0.15) is 5.75 Å². The van der Waals surface area contributed by atoms with Crippen molar-refractivity contribution in [3.05, 3.63) is 24.5 Å². The fraction of sp³-hybridized carbons (Fsp3) is 0.455. The summed E-state index contributed by atoms with van der Waals surface area (Å²) in [6.07, 6.45) is 2.10. The Hall–Kier alpha value is -1.76. The molecule has 1 rings (SSSR count). The molecule has 1 heterocycles. The summed E-state index contributed by atoms with van der Waals surface area (Å²) in [7, 11) is 0. The molecular formula is C11H15F2N3O2. The molecule has 0 radical (unpaired) electrons. The minimum atomic E-state index is -3.11. The minimum absolute atomic E-state index is 0.394. The normalized spacial score (nSPS) is 12.9. The number of carbonyl (C=O) groups excluding carboxylic acids is 1. The van der Waals surface area contributed by atoms with Gasteiger partial charge in [-0.15, -0.1) is 0 Å². The molecule has 5 nitrogen and oxygen atoms in total. The molecule has 1 aromatic heterocycles. The first-order valence-corrected chi connectivity index (χ1v) is 5.37. The maximum Gasteiger partial charge on any atom is 0.277 e. The third-order valence-electron chi connectivity index (χ3n) is 2.14. The molecule has 100 valence electrons. The highest BCUT2D eigenvalue weighted by Gasteiger charge is 2.28. The highest BCUT2D eigenvalue weighted by molar-refractivity contribution is 5.80. The van der Waals surface area contributed by atoms with Crippen LogP contribution < -0.4 is 15.8 Å². The molecular weight excluding hydrogens is 244 g/mol. The van der Waals surface area contributed by atoms with Gasteiger partial charge >= 0.3 is 0 Å². The molecule has 0 saturated carbocycles. The molecule has 1 unspecified atom stereocenters. The van der Waals surface area contributed by atoms with Gasteiger partial charge in [-0.2, -0.15) is 0 Å². The van der Waals surface area contributed by atoms with Gasteiger partial charge in [-0.1, -0.05) is 0 Å². The smallest absolute Gasteiger partial charge is 0.277 e. The van der Waals surface area contributed by atoms with Crippen LogP contribution in [0.3, 0.4) is 0 Å². The summed E-state index contributed by atoms with van der Waals surface area (Å²) in [4.78, 5) is 15.3. The maximum atomic E-state index is 12.8. The summed E-state index contributed by atoms with van der Waals surface area (Å²) in [5, 5.41) is 2.08. The largest absolute Gasteiger partial charge is 0.479 e. The first-order valence-electron chi connectivity index (χ1n) is 5.37. The van der Waals surface area contributed by atoms with Gasteiger partial charge in [-0.05, 0) is 19.1 Å². The van der Waals surface area contributed by atoms with E-state index in [1.54, 1.807) is 18.3 Å². The van der Waals surface area contributed by atoms with Crippen LogP contribution in [-0.4, -0.2) is 36.0 Å². The fourth-order valence-electron chi connectivity index (χ4n) is 1.11. The van der Waals surface area contributed by atoms with Crippen molar-refractivity contribution >= 4 is 5.91 Å². The molecule has 1 amide bonds. The van der Waals surface area contributed by atoms with Crippen LogP contribution in [0.5, 0.6) is 5.75 Å². The lowest BCUT2D eigenvalue weighted by Crippen LogP contribution is -2.45. The van der Waals surface area contributed by atoms with E-state index >= 15 is 0 Å². The third-order valence-corrected chi connectivity index (χ3v) is 2.14. The van der Waals surface area contributed by atoms with E-state index in [1.807, 2.05) is 0 Å². The summed E-state index contributed by atoms with van der Waals surface area (Å²) < 4.78 is 30.9. The topological polar surface area (TPSA) is 77.2 Å². The standard InChI is InChI=1S/C11H15F2N3O2/c1-8(18-9-3-2-4-15-5-9)10(17)16-7-11(12,13)6-14/h2-5,8H,6-7,14H2,1H3,(H,16,17). The molecule has 0 aliphatic rings. The summed E-state index contributed by atoms with van der Waals surface area (Å²) in [6, 6.07) is 3.26. The maximum absolute atomic E-state index is 12.8. The highest BCUT2D eigenvalue weighted by atomic mass is 19.3. The zero-order valence-electron chi connectivity index (χ0n) is 9.90. The number of nitrogens with one attached hydrogen (secondary N) is 1. The molecule has 3 N–H and O–H groups in total. The third kappa shape index (κ3) is 4.62. The van der Waals surface area contributed by atoms with Crippen molar-refractivity contribution in [2.45, 2.75) is 19.0 Å². The lowest BCUT2D eigenvalue weighted by molar-refractivity contribution is -0.129. The number of carbonyl (C=O) groups is 1. The first kappa shape index (κ1) is 14.3. The Labute approximate surface area is 103 Å². The SMILES string of the molecule is CC(Oc1cccnc1)C(=O)NCC(F)(F)CN. The molecule has 18 heavy (non-hydrogen) atoms. The van der Waals surface area contributed by atoms with Crippen molar-refractivity contribution in [1.82, 2.24) is 10.3 Å². The fourth-order valence-corrected chi connectivity index (χ4v) is 1.11. The van der Waals surface area contributed by atoms with Crippen molar-refractivity contribution in [2.24, 2.45) is 5.73 Å². The Morgan fingerprint density at radius 2 is 2.39 bits per heavy atom. The number of hydrogen-bond donors (Lipinski definition) is 2. The second-order valence-electron chi connectivity index (χ2n) is 3.73. The molecule has 0 saturated heterocycles. The number of pyridine rings is 1. The van der Waals surface area contributed by atoms with Crippen LogP contribution in [0.4, 0.5) is 8.78 Å². The van der Waals surface area contributed by atoms with Gasteiger partial charge in [0.25, 0.3) is 11.8 Å². The molecule has 1 aromatic rings. The van der Waals surface area contributed by atoms with Gasteiger partial charge in [0.15, 0.2) is 6.10 Å². The number of rotatable bonds is 6. The van der Waals surface area contributed by atoms with Crippen LogP contribution in [0.25, 0.3) is 0 Å². The Kier molecular flexibility index (Phi) is 4.96. The number of ether oxygens (including phenoxy) is 1. The number of nitrogens with zero attached hydrogens (tertiary/aromatic N) is 1. The van der Waals surface area contributed by atoms with Crippen molar-refractivity contribution < 1.29 is 18.3 Å². The van der Waals surface area contributed by atoms with E-state index in [-0.39, 0.29) is 0 Å². The molecule has 0 aromatic carbocycles. The lowest BCUT2D eigenvalue weighted by Gasteiger charge is -2.18. The van der Waals surface area contributed by atoms with Gasteiger partial charge in [0, 0.05) is 6.20 Å². The van der Waals surface area contributed by atoms with Gasteiger partial charge in [-0.25, -0.2) is 8.78 Å². The van der Waals surface area contributed by atoms with Crippen LogP contribution in [0.15, 0.2) is 24.5 Å². The quantitative estimate of drug-likeness (QED) is 0.782. The molecule has 0 spiro atoms. The molecule has 0 fully saturated rings. The van der Waals surface area contributed by atoms with Crippen molar-refractivity contribution in [2.75, 3.05) is 13.1 Å². The summed E-state index contributed by atoms with van der Waals surface area (Å²) >= 11 is 0. The van der Waals surface area contributed by atoms with Crippen LogP contribution in [0.2, 0.25) is 0 Å². The predicted octanol–water partition coefficient (Wildman–Crippen LogP) is 0.559. The van der Waals surface area contributed by atoms with Crippen molar-refractivity contribution in [3.8, 4) is 5.75 Å². The van der Waals surface area contributed by atoms with Gasteiger partial charge < -0.3 is 15.8 Å². The van der Waals surface area contributed by atoms with E-state index in [2.05, 4.69) is 10.3 Å². The number of nitrogens with two attached hydrogens (primary N) is 1. The van der Waals surface area contributed by atoms with Crippen molar-refractivity contribution in [3.63, 3.8) is 0 Å². The Bertz CT molecular complexity index is 387. The number of halogens is 2. The van der Waals surface area contributed by atoms with E-state index < -0.39 is 31.0 Å². The van der Waals surface area contributed by atoms with Gasteiger partial charge in [-0.3, -0.25) is 9.78 Å². The highest BCUT2D eigenvalue weighted by Crippen LogP contribution is 2.11. The zero-order valence-corrected chi connectivity index (χ0v) is 9.90. The Morgan fingerprint density at radius 1 is 1.67 bits per heavy atom. The average molecular weight is 259 g/mol. The van der Waals surface area contributed by atoms with E-state index in [0.717, 1.165) is 0 Å². The van der Waals surface area contributed by atoms with E-state index in [9.17, 15) is 13.6 Å². The summed E-state index contributed by atoms with van der Waals surface area (Å²) in [5.41, 5.74) is 4.85. The van der Waals surface area contributed by atoms with Crippen molar-refractivity contribution in [1.29, 1.82) is 0 Å². The molecule has 0 aliphatic carbocycles. The summed E-state index contributed by atoms with van der Waals surface area (Å²) in [6.45, 7) is -0.156. The first-order chi connectivity index (χ1) is 8.44. The van der Waals surface area contributed by atoms with Crippen LogP contribution >= 0.6 is 0 Å². The Balaban J connectivity index is 2.43. The number of aromatic nitrogens is 1. The van der Waals surface area contributed by atoms with E-state index in [0.29, 0.717) is 5.75 Å². The average Bonchev–Trinajstić information content (AvgIpc) is 2.37.